The minimum absolute atomic E-state index is 0.00674. The summed E-state index contributed by atoms with van der Waals surface area (Å²) in [5.74, 6) is 0. The molecule has 0 fully saturated rings. The largest absolute Gasteiger partial charge is 0.310 e. The van der Waals surface area contributed by atoms with Crippen LogP contribution in [0, 0.1) is 0 Å². The molecule has 49 heavy (non-hydrogen) atoms. The number of anilines is 3. The Bertz CT molecular complexity index is 3090. The van der Waals surface area contributed by atoms with Crippen LogP contribution in [0.4, 0.5) is 17.1 Å². The summed E-state index contributed by atoms with van der Waals surface area (Å²) >= 11 is 0. The van der Waals surface area contributed by atoms with Gasteiger partial charge in [-0.1, -0.05) is 164 Å². The first-order chi connectivity index (χ1) is 28.1. The van der Waals surface area contributed by atoms with E-state index in [4.69, 9.17) is 8.22 Å². The lowest BCUT2D eigenvalue weighted by atomic mass is 9.93. The van der Waals surface area contributed by atoms with Gasteiger partial charge in [0.1, 0.15) is 0 Å². The SMILES string of the molecule is [2H]c1c([2H])c([2H])c2c(c1[2H])c([2H])c([2H])c1c([2H])c([2H])c(N(c3ccc(-c4cccc5ccccc45)cc3)c3ccc(-c4ccccc4)c(-c4ccccc4)c3)c([2H])c12. The number of hydrogen-bond donors (Lipinski definition) is 0. The number of benzene rings is 9. The summed E-state index contributed by atoms with van der Waals surface area (Å²) in [6, 6.07) is 43.8. The van der Waals surface area contributed by atoms with Crippen molar-refractivity contribution in [2.45, 2.75) is 0 Å². The topological polar surface area (TPSA) is 3.24 Å². The molecule has 9 aromatic carbocycles. The molecule has 0 aromatic heterocycles. The van der Waals surface area contributed by atoms with Crippen molar-refractivity contribution in [3.05, 3.63) is 200 Å². The summed E-state index contributed by atoms with van der Waals surface area (Å²) < 4.78 is 81.0. The number of fused-ring (bicyclic) bond motifs is 4. The molecule has 0 atom stereocenters. The average molecular weight is 633 g/mol. The van der Waals surface area contributed by atoms with Gasteiger partial charge >= 0.3 is 0 Å². The molecule has 0 spiro atoms. The Labute approximate surface area is 299 Å². The Balaban J connectivity index is 1.37. The lowest BCUT2D eigenvalue weighted by molar-refractivity contribution is 1.29. The fourth-order valence-corrected chi connectivity index (χ4v) is 6.58. The summed E-state index contributed by atoms with van der Waals surface area (Å²) in [6.07, 6.45) is 0. The van der Waals surface area contributed by atoms with Crippen LogP contribution in [0.2, 0.25) is 0 Å². The van der Waals surface area contributed by atoms with E-state index in [-0.39, 0.29) is 39.3 Å². The Kier molecular flexibility index (Phi) is 5.20. The molecular formula is C48H33N. The molecule has 0 radical (unpaired) electrons. The van der Waals surface area contributed by atoms with E-state index >= 15 is 0 Å². The molecule has 1 heteroatoms. The van der Waals surface area contributed by atoms with Crippen molar-refractivity contribution in [1.29, 1.82) is 0 Å². The van der Waals surface area contributed by atoms with Gasteiger partial charge in [-0.3, -0.25) is 0 Å². The molecule has 0 saturated heterocycles. The summed E-state index contributed by atoms with van der Waals surface area (Å²) in [5.41, 5.74) is 6.91. The van der Waals surface area contributed by atoms with Crippen LogP contribution in [0.5, 0.6) is 0 Å². The highest BCUT2D eigenvalue weighted by Gasteiger charge is 2.18. The maximum atomic E-state index is 9.87. The quantitative estimate of drug-likeness (QED) is 0.165. The van der Waals surface area contributed by atoms with Gasteiger partial charge in [0.05, 0.1) is 12.3 Å². The summed E-state index contributed by atoms with van der Waals surface area (Å²) in [5, 5.41) is 1.59. The van der Waals surface area contributed by atoms with E-state index in [9.17, 15) is 4.11 Å². The maximum Gasteiger partial charge on any atom is 0.0652 e. The van der Waals surface area contributed by atoms with Gasteiger partial charge in [-0.05, 0) is 102 Å². The first-order valence-electron chi connectivity index (χ1n) is 20.6. The van der Waals surface area contributed by atoms with Gasteiger partial charge in [0.2, 0.25) is 0 Å². The first kappa shape index (κ1) is 20.7. The van der Waals surface area contributed by atoms with Gasteiger partial charge in [0.15, 0.2) is 0 Å². The third-order valence-corrected chi connectivity index (χ3v) is 8.93. The molecule has 0 aliphatic heterocycles. The number of rotatable bonds is 6. The van der Waals surface area contributed by atoms with Crippen LogP contribution in [0.25, 0.3) is 65.7 Å². The predicted molar refractivity (Wildman–Crippen MR) is 210 cm³/mol. The lowest BCUT2D eigenvalue weighted by Crippen LogP contribution is -2.10. The normalized spacial score (nSPS) is 13.8. The van der Waals surface area contributed by atoms with E-state index in [1.807, 2.05) is 121 Å². The van der Waals surface area contributed by atoms with Crippen LogP contribution in [0.3, 0.4) is 0 Å². The van der Waals surface area contributed by atoms with Crippen molar-refractivity contribution < 1.29 is 12.3 Å². The number of nitrogens with zero attached hydrogens (tertiary/aromatic N) is 1. The minimum Gasteiger partial charge on any atom is -0.310 e. The first-order valence-corrected chi connectivity index (χ1v) is 16.1. The van der Waals surface area contributed by atoms with Crippen molar-refractivity contribution in [2.24, 2.45) is 0 Å². The fourth-order valence-electron chi connectivity index (χ4n) is 6.58. The molecule has 0 aliphatic rings. The second-order valence-corrected chi connectivity index (χ2v) is 11.8. The van der Waals surface area contributed by atoms with Gasteiger partial charge in [0.25, 0.3) is 0 Å². The van der Waals surface area contributed by atoms with Crippen LogP contribution >= 0.6 is 0 Å². The molecule has 1 nitrogen and oxygen atoms in total. The second kappa shape index (κ2) is 12.3. The van der Waals surface area contributed by atoms with Crippen LogP contribution in [0.15, 0.2) is 200 Å². The second-order valence-electron chi connectivity index (χ2n) is 11.8. The molecule has 0 saturated carbocycles. The van der Waals surface area contributed by atoms with Gasteiger partial charge in [-0.15, -0.1) is 0 Å². The molecule has 0 aliphatic carbocycles. The smallest absolute Gasteiger partial charge is 0.0652 e. The highest BCUT2D eigenvalue weighted by Crippen LogP contribution is 2.42. The van der Waals surface area contributed by atoms with E-state index in [1.165, 1.54) is 0 Å². The maximum absolute atomic E-state index is 9.87. The highest BCUT2D eigenvalue weighted by atomic mass is 15.1. The Morgan fingerprint density at radius 2 is 0.959 bits per heavy atom. The Hall–Kier alpha value is -6.44. The monoisotopic (exact) mass is 632 g/mol. The van der Waals surface area contributed by atoms with Crippen LogP contribution in [0.1, 0.15) is 12.3 Å². The lowest BCUT2D eigenvalue weighted by Gasteiger charge is -2.27. The van der Waals surface area contributed by atoms with E-state index in [2.05, 4.69) is 24.3 Å². The molecule has 9 aromatic rings. The summed E-state index contributed by atoms with van der Waals surface area (Å²) in [4.78, 5) is 1.74. The van der Waals surface area contributed by atoms with Gasteiger partial charge in [-0.25, -0.2) is 0 Å². The van der Waals surface area contributed by atoms with Gasteiger partial charge < -0.3 is 4.90 Å². The average Bonchev–Trinajstić information content (AvgIpc) is 3.26. The molecule has 0 heterocycles. The zero-order chi connectivity index (χ0) is 40.4. The van der Waals surface area contributed by atoms with Crippen LogP contribution in [-0.2, 0) is 0 Å². The van der Waals surface area contributed by atoms with Crippen LogP contribution < -0.4 is 4.90 Å². The third-order valence-electron chi connectivity index (χ3n) is 8.93. The molecule has 9 rings (SSSR count). The zero-order valence-corrected chi connectivity index (χ0v) is 26.3. The predicted octanol–water partition coefficient (Wildman–Crippen LogP) is 13.6. The summed E-state index contributed by atoms with van der Waals surface area (Å²) in [6.45, 7) is 0. The summed E-state index contributed by atoms with van der Waals surface area (Å²) in [7, 11) is 0. The molecule has 230 valence electrons. The third kappa shape index (κ3) is 5.32. The van der Waals surface area contributed by atoms with Crippen LogP contribution in [-0.4, -0.2) is 0 Å². The van der Waals surface area contributed by atoms with Crippen molar-refractivity contribution in [1.82, 2.24) is 0 Å². The Morgan fingerprint density at radius 3 is 1.76 bits per heavy atom. The molecule has 0 amide bonds. The fraction of sp³-hybridized carbons (Fsp3) is 0. The molecule has 0 N–H and O–H groups in total. The van der Waals surface area contributed by atoms with E-state index in [0.29, 0.717) is 11.4 Å². The van der Waals surface area contributed by atoms with Crippen molar-refractivity contribution >= 4 is 49.4 Å². The standard InChI is InChI=1S/C48H33N/c1-3-12-34(13-4-1)46-31-30-42(33-47(46)36-14-5-2-6-15-36)49(41-29-26-39-23-22-37-17-8-10-20-45(37)48(39)32-41)40-27-24-38(25-28-40)44-21-11-18-35-16-7-9-19-43(35)44/h1-33H/i8D,10D,17D,20D,22D,23D,26D,29D,32D. The number of hydrogen-bond acceptors (Lipinski definition) is 1. The van der Waals surface area contributed by atoms with Crippen molar-refractivity contribution in [3.8, 4) is 33.4 Å². The highest BCUT2D eigenvalue weighted by molar-refractivity contribution is 6.09. The van der Waals surface area contributed by atoms with E-state index in [0.717, 1.165) is 44.2 Å². The molecule has 0 unspecified atom stereocenters. The molecule has 0 bridgehead atoms. The van der Waals surface area contributed by atoms with E-state index in [1.54, 1.807) is 4.90 Å². The molecular weight excluding hydrogens is 591 g/mol. The van der Waals surface area contributed by atoms with Gasteiger partial charge in [0, 0.05) is 17.1 Å². The zero-order valence-electron chi connectivity index (χ0n) is 35.3. The van der Waals surface area contributed by atoms with E-state index < -0.39 is 42.3 Å². The van der Waals surface area contributed by atoms with Crippen molar-refractivity contribution in [2.75, 3.05) is 4.90 Å². The van der Waals surface area contributed by atoms with Crippen molar-refractivity contribution in [3.63, 3.8) is 0 Å². The minimum atomic E-state index is -0.556. The van der Waals surface area contributed by atoms with Gasteiger partial charge in [-0.2, -0.15) is 0 Å². The Morgan fingerprint density at radius 1 is 0.347 bits per heavy atom.